The summed E-state index contributed by atoms with van der Waals surface area (Å²) in [5, 5.41) is -0.0859. The van der Waals surface area contributed by atoms with Gasteiger partial charge >= 0.3 is 6.18 Å². The standard InChI is InChI=1S/C14H16F3N5O4S/c1-21-7-12(19-9-21)27(23,24)22-4-5-25-10(6-22)8-26-11-2-3-18-13(20-11)14(15,16)17/h2-3,7,9-10H,4-6,8H2,1H3. The lowest BCUT2D eigenvalue weighted by Crippen LogP contribution is -2.47. The SMILES string of the molecule is Cn1cnc(S(=O)(=O)N2CCOC(COc3ccnc(C(F)(F)F)n3)C2)c1. The number of rotatable bonds is 5. The third-order valence-electron chi connectivity index (χ3n) is 3.69. The summed E-state index contributed by atoms with van der Waals surface area (Å²) < 4.78 is 76.4. The zero-order chi connectivity index (χ0) is 19.7. The molecule has 9 nitrogen and oxygen atoms in total. The van der Waals surface area contributed by atoms with Crippen molar-refractivity contribution < 1.29 is 31.1 Å². The molecule has 2 aromatic heterocycles. The topological polar surface area (TPSA) is 99.4 Å². The molecule has 27 heavy (non-hydrogen) atoms. The number of hydrogen-bond acceptors (Lipinski definition) is 7. The summed E-state index contributed by atoms with van der Waals surface area (Å²) in [6.45, 7) is 0.0808. The van der Waals surface area contributed by atoms with Crippen molar-refractivity contribution in [3.05, 3.63) is 30.6 Å². The van der Waals surface area contributed by atoms with E-state index in [9.17, 15) is 21.6 Å². The van der Waals surface area contributed by atoms with Gasteiger partial charge in [0.1, 0.15) is 12.7 Å². The molecule has 0 aliphatic carbocycles. The van der Waals surface area contributed by atoms with Crippen molar-refractivity contribution in [2.24, 2.45) is 7.05 Å². The number of sulfonamides is 1. The largest absolute Gasteiger partial charge is 0.475 e. The van der Waals surface area contributed by atoms with Crippen LogP contribution in [0.25, 0.3) is 0 Å². The van der Waals surface area contributed by atoms with Gasteiger partial charge in [-0.3, -0.25) is 0 Å². The Bertz CT molecular complexity index is 902. The Morgan fingerprint density at radius 2 is 2.15 bits per heavy atom. The first-order chi connectivity index (χ1) is 12.7. The second-order valence-corrected chi connectivity index (χ2v) is 7.65. The summed E-state index contributed by atoms with van der Waals surface area (Å²) in [6.07, 6.45) is -1.66. The van der Waals surface area contributed by atoms with Crippen LogP contribution in [0.2, 0.25) is 0 Å². The number of imidazole rings is 1. The monoisotopic (exact) mass is 407 g/mol. The number of morpholine rings is 1. The zero-order valence-corrected chi connectivity index (χ0v) is 14.9. The lowest BCUT2D eigenvalue weighted by molar-refractivity contribution is -0.145. The van der Waals surface area contributed by atoms with Crippen LogP contribution in [0.5, 0.6) is 5.88 Å². The molecule has 13 heteroatoms. The van der Waals surface area contributed by atoms with Gasteiger partial charge in [0.05, 0.1) is 12.9 Å². The molecule has 0 N–H and O–H groups in total. The predicted octanol–water partition coefficient (Wildman–Crippen LogP) is 0.697. The van der Waals surface area contributed by atoms with Gasteiger partial charge in [-0.05, 0) is 0 Å². The van der Waals surface area contributed by atoms with Gasteiger partial charge in [-0.15, -0.1) is 0 Å². The van der Waals surface area contributed by atoms with Gasteiger partial charge in [0.25, 0.3) is 10.0 Å². The van der Waals surface area contributed by atoms with Crippen LogP contribution < -0.4 is 4.74 Å². The highest BCUT2D eigenvalue weighted by Crippen LogP contribution is 2.27. The van der Waals surface area contributed by atoms with Gasteiger partial charge in [-0.25, -0.2) is 18.4 Å². The van der Waals surface area contributed by atoms with E-state index < -0.39 is 28.1 Å². The smallest absolute Gasteiger partial charge is 0.451 e. The van der Waals surface area contributed by atoms with Gasteiger partial charge in [-0.2, -0.15) is 22.5 Å². The van der Waals surface area contributed by atoms with Crippen LogP contribution in [0.1, 0.15) is 5.82 Å². The minimum atomic E-state index is -4.69. The van der Waals surface area contributed by atoms with Crippen molar-refractivity contribution in [2.75, 3.05) is 26.3 Å². The molecule has 1 saturated heterocycles. The van der Waals surface area contributed by atoms with Crippen molar-refractivity contribution >= 4 is 10.0 Å². The number of ether oxygens (including phenoxy) is 2. The molecule has 148 valence electrons. The highest BCUT2D eigenvalue weighted by atomic mass is 32.2. The van der Waals surface area contributed by atoms with Crippen LogP contribution in [-0.4, -0.2) is 64.6 Å². The average Bonchev–Trinajstić information content (AvgIpc) is 3.07. The maximum atomic E-state index is 12.6. The Morgan fingerprint density at radius 1 is 1.37 bits per heavy atom. The van der Waals surface area contributed by atoms with Crippen LogP contribution in [0.4, 0.5) is 13.2 Å². The second kappa shape index (κ2) is 7.40. The third-order valence-corrected chi connectivity index (χ3v) is 5.44. The maximum Gasteiger partial charge on any atom is 0.451 e. The van der Waals surface area contributed by atoms with E-state index in [4.69, 9.17) is 9.47 Å². The summed E-state index contributed by atoms with van der Waals surface area (Å²) >= 11 is 0. The van der Waals surface area contributed by atoms with Crippen molar-refractivity contribution in [1.82, 2.24) is 23.8 Å². The summed E-state index contributed by atoms with van der Waals surface area (Å²) in [5.41, 5.74) is 0. The minimum absolute atomic E-state index is 0.0177. The molecular formula is C14H16F3N5O4S. The Hall–Kier alpha value is -2.25. The molecular weight excluding hydrogens is 391 g/mol. The number of aromatic nitrogens is 4. The quantitative estimate of drug-likeness (QED) is 0.719. The maximum absolute atomic E-state index is 12.6. The molecule has 1 unspecified atom stereocenters. The van der Waals surface area contributed by atoms with Crippen LogP contribution in [0.3, 0.4) is 0 Å². The van der Waals surface area contributed by atoms with E-state index in [1.165, 1.54) is 27.5 Å². The Morgan fingerprint density at radius 3 is 2.81 bits per heavy atom. The molecule has 0 amide bonds. The molecule has 2 aromatic rings. The minimum Gasteiger partial charge on any atom is -0.475 e. The van der Waals surface area contributed by atoms with E-state index in [-0.39, 0.29) is 37.2 Å². The summed E-state index contributed by atoms with van der Waals surface area (Å²) in [6, 6.07) is 1.18. The van der Waals surface area contributed by atoms with Gasteiger partial charge in [0.15, 0.2) is 5.03 Å². The highest BCUT2D eigenvalue weighted by molar-refractivity contribution is 7.89. The first-order valence-electron chi connectivity index (χ1n) is 7.79. The molecule has 1 aliphatic heterocycles. The highest BCUT2D eigenvalue weighted by Gasteiger charge is 2.35. The average molecular weight is 407 g/mol. The molecule has 1 atom stereocenters. The first-order valence-corrected chi connectivity index (χ1v) is 9.23. The molecule has 3 heterocycles. The number of hydrogen-bond donors (Lipinski definition) is 0. The van der Waals surface area contributed by atoms with Gasteiger partial charge in [0, 0.05) is 38.6 Å². The van der Waals surface area contributed by atoms with Crippen LogP contribution in [-0.2, 0) is 28.0 Å². The van der Waals surface area contributed by atoms with Crippen molar-refractivity contribution in [1.29, 1.82) is 0 Å². The Labute approximate surface area is 152 Å². The van der Waals surface area contributed by atoms with E-state index in [1.807, 2.05) is 0 Å². The van der Waals surface area contributed by atoms with Gasteiger partial charge in [-0.1, -0.05) is 0 Å². The summed E-state index contributed by atoms with van der Waals surface area (Å²) in [4.78, 5) is 10.3. The molecule has 0 spiro atoms. The normalized spacial score (nSPS) is 19.2. The fraction of sp³-hybridized carbons (Fsp3) is 0.500. The summed E-state index contributed by atoms with van der Waals surface area (Å²) in [5.74, 6) is -1.59. The number of aryl methyl sites for hydroxylation is 1. The molecule has 0 radical (unpaired) electrons. The fourth-order valence-electron chi connectivity index (χ4n) is 2.40. The van der Waals surface area contributed by atoms with Gasteiger partial charge < -0.3 is 14.0 Å². The zero-order valence-electron chi connectivity index (χ0n) is 14.1. The molecule has 0 saturated carbocycles. The molecule has 0 aromatic carbocycles. The first kappa shape index (κ1) is 19.5. The van der Waals surface area contributed by atoms with E-state index in [1.54, 1.807) is 7.05 Å². The Kier molecular flexibility index (Phi) is 5.35. The summed E-state index contributed by atoms with van der Waals surface area (Å²) in [7, 11) is -2.14. The predicted molar refractivity (Wildman–Crippen MR) is 84.2 cm³/mol. The molecule has 1 fully saturated rings. The van der Waals surface area contributed by atoms with Crippen LogP contribution >= 0.6 is 0 Å². The number of halogens is 3. The van der Waals surface area contributed by atoms with E-state index >= 15 is 0 Å². The van der Waals surface area contributed by atoms with Gasteiger partial charge in [0.2, 0.25) is 11.7 Å². The molecule has 1 aliphatic rings. The van der Waals surface area contributed by atoms with E-state index in [0.29, 0.717) is 0 Å². The molecule has 3 rings (SSSR count). The van der Waals surface area contributed by atoms with Crippen molar-refractivity contribution in [2.45, 2.75) is 17.3 Å². The molecule has 0 bridgehead atoms. The van der Waals surface area contributed by atoms with Crippen molar-refractivity contribution in [3.8, 4) is 5.88 Å². The second-order valence-electron chi connectivity index (χ2n) is 5.76. The van der Waals surface area contributed by atoms with Crippen molar-refractivity contribution in [3.63, 3.8) is 0 Å². The lowest BCUT2D eigenvalue weighted by Gasteiger charge is -2.31. The Balaban J connectivity index is 1.64. The number of alkyl halides is 3. The third kappa shape index (κ3) is 4.54. The fourth-order valence-corrected chi connectivity index (χ4v) is 3.82. The van der Waals surface area contributed by atoms with Crippen LogP contribution in [0, 0.1) is 0 Å². The van der Waals surface area contributed by atoms with Crippen LogP contribution in [0.15, 0.2) is 29.8 Å². The lowest BCUT2D eigenvalue weighted by atomic mass is 10.3. The van der Waals surface area contributed by atoms with E-state index in [2.05, 4.69) is 15.0 Å². The number of nitrogens with zero attached hydrogens (tertiary/aromatic N) is 5. The van der Waals surface area contributed by atoms with E-state index in [0.717, 1.165) is 6.20 Å².